The first kappa shape index (κ1) is 12.1. The number of hydrogen-bond acceptors (Lipinski definition) is 3. The summed E-state index contributed by atoms with van der Waals surface area (Å²) in [6.45, 7) is 1.82. The van der Waals surface area contributed by atoms with Gasteiger partial charge < -0.3 is 9.84 Å². The highest BCUT2D eigenvalue weighted by molar-refractivity contribution is 9.11. The van der Waals surface area contributed by atoms with Crippen molar-refractivity contribution < 1.29 is 14.6 Å². The molecule has 3 nitrogen and oxygen atoms in total. The number of carbonyl (C=O) groups is 1. The van der Waals surface area contributed by atoms with Crippen LogP contribution in [0.5, 0.6) is 11.5 Å². The predicted molar refractivity (Wildman–Crippen MR) is 70.2 cm³/mol. The second-order valence-corrected chi connectivity index (χ2v) is 5.72. The van der Waals surface area contributed by atoms with Gasteiger partial charge in [0.1, 0.15) is 5.75 Å². The highest BCUT2D eigenvalue weighted by Gasteiger charge is 2.20. The zero-order valence-electron chi connectivity index (χ0n) is 8.94. The summed E-state index contributed by atoms with van der Waals surface area (Å²) in [5.41, 5.74) is 0.802. The van der Waals surface area contributed by atoms with Gasteiger partial charge >= 0.3 is 5.97 Å². The fourth-order valence-corrected chi connectivity index (χ4v) is 2.81. The third-order valence-corrected chi connectivity index (χ3v) is 4.32. The topological polar surface area (TPSA) is 46.5 Å². The number of carboxylic acid groups (broad SMARTS) is 1. The first-order valence-corrected chi connectivity index (χ1v) is 6.45. The molecular weight excluding hydrogens is 304 g/mol. The molecule has 1 aromatic heterocycles. The van der Waals surface area contributed by atoms with E-state index in [2.05, 4.69) is 15.9 Å². The molecule has 1 heterocycles. The summed E-state index contributed by atoms with van der Waals surface area (Å²) >= 11 is 4.48. The predicted octanol–water partition coefficient (Wildman–Crippen LogP) is 4.31. The zero-order chi connectivity index (χ0) is 12.4. The number of carboxylic acids is 1. The van der Waals surface area contributed by atoms with Gasteiger partial charge in [-0.05, 0) is 35.0 Å². The van der Waals surface area contributed by atoms with Crippen LogP contribution < -0.4 is 4.74 Å². The van der Waals surface area contributed by atoms with Crippen LogP contribution in [0.1, 0.15) is 15.2 Å². The maximum absolute atomic E-state index is 11.1. The summed E-state index contributed by atoms with van der Waals surface area (Å²) in [6, 6.07) is 9.13. The molecule has 0 bridgehead atoms. The number of ether oxygens (including phenoxy) is 1. The van der Waals surface area contributed by atoms with Crippen LogP contribution in [0, 0.1) is 6.92 Å². The van der Waals surface area contributed by atoms with Gasteiger partial charge in [-0.15, -0.1) is 11.3 Å². The van der Waals surface area contributed by atoms with Crippen LogP contribution in [0.2, 0.25) is 0 Å². The number of benzene rings is 1. The summed E-state index contributed by atoms with van der Waals surface area (Å²) in [5, 5.41) is 9.09. The van der Waals surface area contributed by atoms with E-state index in [1.54, 1.807) is 12.1 Å². The van der Waals surface area contributed by atoms with E-state index in [1.807, 2.05) is 25.1 Å². The molecule has 5 heteroatoms. The Labute approximate surface area is 111 Å². The van der Waals surface area contributed by atoms with Crippen molar-refractivity contribution in [3.05, 3.63) is 44.6 Å². The minimum absolute atomic E-state index is 0.207. The monoisotopic (exact) mass is 312 g/mol. The minimum Gasteiger partial charge on any atom is -0.477 e. The van der Waals surface area contributed by atoms with Gasteiger partial charge in [0.25, 0.3) is 0 Å². The molecular formula is C12H9BrO3S. The number of halogens is 1. The van der Waals surface area contributed by atoms with E-state index < -0.39 is 5.97 Å². The first-order chi connectivity index (χ1) is 8.09. The molecule has 2 aromatic rings. The lowest BCUT2D eigenvalue weighted by atomic mass is 10.3. The van der Waals surface area contributed by atoms with Gasteiger partial charge in [0.15, 0.2) is 10.6 Å². The molecule has 0 saturated heterocycles. The Morgan fingerprint density at radius 1 is 1.35 bits per heavy atom. The van der Waals surface area contributed by atoms with Gasteiger partial charge in [-0.1, -0.05) is 18.2 Å². The summed E-state index contributed by atoms with van der Waals surface area (Å²) < 4.78 is 6.40. The third kappa shape index (κ3) is 2.50. The Kier molecular flexibility index (Phi) is 3.49. The van der Waals surface area contributed by atoms with Crippen molar-refractivity contribution in [1.82, 2.24) is 0 Å². The van der Waals surface area contributed by atoms with Crippen molar-refractivity contribution in [3.63, 3.8) is 0 Å². The number of thiophene rings is 1. The third-order valence-electron chi connectivity index (χ3n) is 2.19. The van der Waals surface area contributed by atoms with Gasteiger partial charge in [-0.25, -0.2) is 4.79 Å². The second kappa shape index (κ2) is 4.89. The van der Waals surface area contributed by atoms with E-state index >= 15 is 0 Å². The van der Waals surface area contributed by atoms with Crippen molar-refractivity contribution in [3.8, 4) is 11.5 Å². The summed E-state index contributed by atoms with van der Waals surface area (Å²) in [7, 11) is 0. The van der Waals surface area contributed by atoms with E-state index in [1.165, 1.54) is 0 Å². The molecule has 17 heavy (non-hydrogen) atoms. The van der Waals surface area contributed by atoms with Gasteiger partial charge in [0.05, 0.1) is 3.79 Å². The summed E-state index contributed by atoms with van der Waals surface area (Å²) in [5.74, 6) is 0.0544. The highest BCUT2D eigenvalue weighted by Crippen LogP contribution is 2.40. The van der Waals surface area contributed by atoms with Crippen molar-refractivity contribution >= 4 is 33.2 Å². The van der Waals surface area contributed by atoms with Gasteiger partial charge in [-0.3, -0.25) is 0 Å². The van der Waals surface area contributed by atoms with Crippen LogP contribution >= 0.6 is 27.3 Å². The Morgan fingerprint density at radius 2 is 2.00 bits per heavy atom. The van der Waals surface area contributed by atoms with Crippen molar-refractivity contribution in [2.45, 2.75) is 6.92 Å². The Bertz CT molecular complexity index is 548. The van der Waals surface area contributed by atoms with Crippen LogP contribution in [-0.4, -0.2) is 11.1 Å². The van der Waals surface area contributed by atoms with Crippen LogP contribution in [0.3, 0.4) is 0 Å². The molecule has 2 rings (SSSR count). The zero-order valence-corrected chi connectivity index (χ0v) is 11.3. The quantitative estimate of drug-likeness (QED) is 0.918. The molecule has 1 aromatic carbocycles. The SMILES string of the molecule is Cc1c(Br)sc(C(=O)O)c1Oc1ccccc1. The maximum Gasteiger partial charge on any atom is 0.349 e. The Balaban J connectivity index is 2.41. The van der Waals surface area contributed by atoms with Crippen LogP contribution in [0.15, 0.2) is 34.1 Å². The van der Waals surface area contributed by atoms with E-state index in [0.29, 0.717) is 11.5 Å². The van der Waals surface area contributed by atoms with E-state index in [4.69, 9.17) is 9.84 Å². The van der Waals surface area contributed by atoms with Gasteiger partial charge in [0, 0.05) is 5.56 Å². The van der Waals surface area contributed by atoms with Gasteiger partial charge in [0.2, 0.25) is 0 Å². The smallest absolute Gasteiger partial charge is 0.349 e. The average Bonchev–Trinajstić information content (AvgIpc) is 2.59. The number of hydrogen-bond donors (Lipinski definition) is 1. The lowest BCUT2D eigenvalue weighted by Gasteiger charge is -2.06. The largest absolute Gasteiger partial charge is 0.477 e. The molecule has 88 valence electrons. The fraction of sp³-hybridized carbons (Fsp3) is 0.0833. The normalized spacial score (nSPS) is 10.2. The molecule has 0 unspecified atom stereocenters. The van der Waals surface area contributed by atoms with Crippen molar-refractivity contribution in [2.75, 3.05) is 0 Å². The van der Waals surface area contributed by atoms with E-state index in [0.717, 1.165) is 20.7 Å². The van der Waals surface area contributed by atoms with Crippen LogP contribution in [0.4, 0.5) is 0 Å². The molecule has 0 spiro atoms. The van der Waals surface area contributed by atoms with Crippen molar-refractivity contribution in [1.29, 1.82) is 0 Å². The molecule has 0 radical (unpaired) electrons. The van der Waals surface area contributed by atoms with Gasteiger partial charge in [-0.2, -0.15) is 0 Å². The summed E-state index contributed by atoms with van der Waals surface area (Å²) in [6.07, 6.45) is 0. The van der Waals surface area contributed by atoms with Crippen molar-refractivity contribution in [2.24, 2.45) is 0 Å². The van der Waals surface area contributed by atoms with Crippen LogP contribution in [-0.2, 0) is 0 Å². The molecule has 1 N–H and O–H groups in total. The Morgan fingerprint density at radius 3 is 2.59 bits per heavy atom. The number of para-hydroxylation sites is 1. The maximum atomic E-state index is 11.1. The lowest BCUT2D eigenvalue weighted by Crippen LogP contribution is -1.96. The molecule has 0 aliphatic carbocycles. The molecule has 0 saturated carbocycles. The highest BCUT2D eigenvalue weighted by atomic mass is 79.9. The molecule has 0 atom stereocenters. The second-order valence-electron chi connectivity index (χ2n) is 3.38. The Hall–Kier alpha value is -1.33. The fourth-order valence-electron chi connectivity index (χ4n) is 1.34. The molecule has 0 fully saturated rings. The molecule has 0 aliphatic heterocycles. The van der Waals surface area contributed by atoms with Crippen LogP contribution in [0.25, 0.3) is 0 Å². The first-order valence-electron chi connectivity index (χ1n) is 4.84. The summed E-state index contributed by atoms with van der Waals surface area (Å²) in [4.78, 5) is 11.3. The number of aromatic carboxylic acids is 1. The molecule has 0 amide bonds. The molecule has 0 aliphatic rings. The average molecular weight is 313 g/mol. The minimum atomic E-state index is -0.977. The van der Waals surface area contributed by atoms with E-state index in [9.17, 15) is 4.79 Å². The number of rotatable bonds is 3. The lowest BCUT2D eigenvalue weighted by molar-refractivity contribution is 0.0699. The standard InChI is InChI=1S/C12H9BrO3S/c1-7-9(10(12(14)15)17-11(7)13)16-8-5-3-2-4-6-8/h2-6H,1H3,(H,14,15). The van der Waals surface area contributed by atoms with E-state index in [-0.39, 0.29) is 4.88 Å².